The minimum absolute atomic E-state index is 0.336. The van der Waals surface area contributed by atoms with Crippen LogP contribution in [0, 0.1) is 0 Å². The molecule has 0 unspecified atom stereocenters. The van der Waals surface area contributed by atoms with Gasteiger partial charge in [-0.25, -0.2) is 9.78 Å². The van der Waals surface area contributed by atoms with E-state index in [4.69, 9.17) is 21.1 Å². The van der Waals surface area contributed by atoms with Gasteiger partial charge in [-0.05, 0) is 20.8 Å². The zero-order valence-electron chi connectivity index (χ0n) is 10.2. The Labute approximate surface area is 105 Å². The number of ether oxygens (including phenoxy) is 2. The Morgan fingerprint density at radius 3 is 2.59 bits per heavy atom. The molecule has 5 nitrogen and oxygen atoms in total. The van der Waals surface area contributed by atoms with Gasteiger partial charge in [0, 0.05) is 6.07 Å². The van der Waals surface area contributed by atoms with E-state index in [1.54, 1.807) is 20.8 Å². The number of methoxy groups -OCH3 is 1. The van der Waals surface area contributed by atoms with E-state index in [1.807, 2.05) is 0 Å². The van der Waals surface area contributed by atoms with Crippen LogP contribution in [0.4, 0.5) is 10.5 Å². The van der Waals surface area contributed by atoms with Crippen molar-refractivity contribution in [3.05, 3.63) is 17.3 Å². The van der Waals surface area contributed by atoms with Crippen LogP contribution in [0.15, 0.2) is 12.3 Å². The third-order valence-electron chi connectivity index (χ3n) is 1.67. The number of amides is 1. The molecule has 1 aromatic heterocycles. The van der Waals surface area contributed by atoms with Crippen LogP contribution < -0.4 is 10.1 Å². The fraction of sp³-hybridized carbons (Fsp3) is 0.455. The molecule has 94 valence electrons. The summed E-state index contributed by atoms with van der Waals surface area (Å²) in [5.74, 6) is 0.379. The van der Waals surface area contributed by atoms with Gasteiger partial charge in [-0.2, -0.15) is 0 Å². The highest BCUT2D eigenvalue weighted by atomic mass is 35.5. The SMILES string of the molecule is COc1cc(Cl)c(NC(=O)OC(C)(C)C)cn1. The number of pyridine rings is 1. The Kier molecular flexibility index (Phi) is 4.17. The van der Waals surface area contributed by atoms with E-state index >= 15 is 0 Å². The molecule has 0 spiro atoms. The highest BCUT2D eigenvalue weighted by molar-refractivity contribution is 6.33. The molecule has 0 aliphatic carbocycles. The molecule has 1 rings (SSSR count). The van der Waals surface area contributed by atoms with Gasteiger partial charge in [0.05, 0.1) is 24.0 Å². The zero-order chi connectivity index (χ0) is 13.1. The van der Waals surface area contributed by atoms with Crippen molar-refractivity contribution >= 4 is 23.4 Å². The van der Waals surface area contributed by atoms with Gasteiger partial charge in [-0.1, -0.05) is 11.6 Å². The van der Waals surface area contributed by atoms with Crippen LogP contribution in [-0.4, -0.2) is 23.8 Å². The van der Waals surface area contributed by atoms with Crippen molar-refractivity contribution in [3.8, 4) is 5.88 Å². The van der Waals surface area contributed by atoms with Crippen LogP contribution in [-0.2, 0) is 4.74 Å². The molecule has 0 bridgehead atoms. The summed E-state index contributed by atoms with van der Waals surface area (Å²) in [6, 6.07) is 1.51. The Morgan fingerprint density at radius 2 is 2.12 bits per heavy atom. The van der Waals surface area contributed by atoms with Crippen LogP contribution in [0.25, 0.3) is 0 Å². The molecule has 1 amide bonds. The first-order valence-electron chi connectivity index (χ1n) is 5.01. The topological polar surface area (TPSA) is 60.5 Å². The minimum atomic E-state index is -0.577. The summed E-state index contributed by atoms with van der Waals surface area (Å²) >= 11 is 5.93. The molecule has 0 saturated heterocycles. The molecule has 0 aliphatic rings. The highest BCUT2D eigenvalue weighted by Gasteiger charge is 2.17. The lowest BCUT2D eigenvalue weighted by Gasteiger charge is -2.19. The number of hydrogen-bond donors (Lipinski definition) is 1. The molecule has 0 atom stereocenters. The van der Waals surface area contributed by atoms with Crippen molar-refractivity contribution < 1.29 is 14.3 Å². The molecule has 6 heteroatoms. The number of hydrogen-bond acceptors (Lipinski definition) is 4. The number of nitrogens with zero attached hydrogens (tertiary/aromatic N) is 1. The van der Waals surface area contributed by atoms with Crippen LogP contribution in [0.1, 0.15) is 20.8 Å². The predicted molar refractivity (Wildman–Crippen MR) is 65.7 cm³/mol. The number of nitrogens with one attached hydrogen (secondary N) is 1. The Balaban J connectivity index is 2.72. The third kappa shape index (κ3) is 4.48. The maximum atomic E-state index is 11.5. The first-order chi connectivity index (χ1) is 7.81. The van der Waals surface area contributed by atoms with E-state index in [0.29, 0.717) is 16.6 Å². The molecule has 1 N–H and O–H groups in total. The van der Waals surface area contributed by atoms with Gasteiger partial charge >= 0.3 is 6.09 Å². The van der Waals surface area contributed by atoms with Gasteiger partial charge in [-0.3, -0.25) is 5.32 Å². The van der Waals surface area contributed by atoms with Crippen molar-refractivity contribution in [2.24, 2.45) is 0 Å². The van der Waals surface area contributed by atoms with Gasteiger partial charge in [-0.15, -0.1) is 0 Å². The molecular weight excluding hydrogens is 244 g/mol. The molecule has 17 heavy (non-hydrogen) atoms. The normalized spacial score (nSPS) is 10.9. The lowest BCUT2D eigenvalue weighted by molar-refractivity contribution is 0.0636. The molecule has 0 aliphatic heterocycles. The van der Waals surface area contributed by atoms with Gasteiger partial charge < -0.3 is 9.47 Å². The second-order valence-corrected chi connectivity index (χ2v) is 4.74. The number of anilines is 1. The van der Waals surface area contributed by atoms with Crippen LogP contribution >= 0.6 is 11.6 Å². The zero-order valence-corrected chi connectivity index (χ0v) is 11.0. The van der Waals surface area contributed by atoms with E-state index in [1.165, 1.54) is 19.4 Å². The standard InChI is InChI=1S/C11H15ClN2O3/c1-11(2,3)17-10(15)14-8-6-13-9(16-4)5-7(8)12/h5-6H,1-4H3,(H,14,15). The number of carbonyl (C=O) groups is 1. The van der Waals surface area contributed by atoms with Crippen LogP contribution in [0.2, 0.25) is 5.02 Å². The summed E-state index contributed by atoms with van der Waals surface area (Å²) in [7, 11) is 1.49. The Bertz CT molecular complexity index is 416. The molecule has 0 aromatic carbocycles. The number of aromatic nitrogens is 1. The molecule has 0 radical (unpaired) electrons. The van der Waals surface area contributed by atoms with E-state index in [0.717, 1.165) is 0 Å². The summed E-state index contributed by atoms with van der Waals surface area (Å²) < 4.78 is 9.98. The highest BCUT2D eigenvalue weighted by Crippen LogP contribution is 2.24. The maximum absolute atomic E-state index is 11.5. The van der Waals surface area contributed by atoms with Crippen molar-refractivity contribution in [1.29, 1.82) is 0 Å². The smallest absolute Gasteiger partial charge is 0.412 e. The summed E-state index contributed by atoms with van der Waals surface area (Å²) in [5.41, 5.74) is -0.182. The molecule has 0 fully saturated rings. The molecular formula is C11H15ClN2O3. The second-order valence-electron chi connectivity index (χ2n) is 4.33. The van der Waals surface area contributed by atoms with Crippen molar-refractivity contribution in [2.75, 3.05) is 12.4 Å². The molecule has 0 saturated carbocycles. The summed E-state index contributed by atoms with van der Waals surface area (Å²) in [6.07, 6.45) is 0.830. The third-order valence-corrected chi connectivity index (χ3v) is 1.99. The minimum Gasteiger partial charge on any atom is -0.481 e. The number of rotatable bonds is 2. The monoisotopic (exact) mass is 258 g/mol. The summed E-state index contributed by atoms with van der Waals surface area (Å²) in [4.78, 5) is 15.4. The summed E-state index contributed by atoms with van der Waals surface area (Å²) in [6.45, 7) is 5.33. The van der Waals surface area contributed by atoms with E-state index in [2.05, 4.69) is 10.3 Å². The second kappa shape index (κ2) is 5.23. The lowest BCUT2D eigenvalue weighted by atomic mass is 10.2. The van der Waals surface area contributed by atoms with Gasteiger partial charge in [0.15, 0.2) is 0 Å². The summed E-state index contributed by atoms with van der Waals surface area (Å²) in [5, 5.41) is 2.84. The molecule has 1 heterocycles. The van der Waals surface area contributed by atoms with Crippen molar-refractivity contribution in [2.45, 2.75) is 26.4 Å². The number of carbonyl (C=O) groups excluding carboxylic acids is 1. The predicted octanol–water partition coefficient (Wildman–Crippen LogP) is 3.09. The number of halogens is 1. The van der Waals surface area contributed by atoms with E-state index in [-0.39, 0.29) is 0 Å². The van der Waals surface area contributed by atoms with Gasteiger partial charge in [0.2, 0.25) is 5.88 Å². The first-order valence-corrected chi connectivity index (χ1v) is 5.39. The largest absolute Gasteiger partial charge is 0.481 e. The van der Waals surface area contributed by atoms with Crippen LogP contribution in [0.3, 0.4) is 0 Å². The Hall–Kier alpha value is -1.49. The average Bonchev–Trinajstić information content (AvgIpc) is 2.18. The first kappa shape index (κ1) is 13.6. The van der Waals surface area contributed by atoms with E-state index < -0.39 is 11.7 Å². The maximum Gasteiger partial charge on any atom is 0.412 e. The average molecular weight is 259 g/mol. The fourth-order valence-corrected chi connectivity index (χ4v) is 1.22. The van der Waals surface area contributed by atoms with Gasteiger partial charge in [0.1, 0.15) is 5.60 Å². The van der Waals surface area contributed by atoms with E-state index in [9.17, 15) is 4.79 Å². The Morgan fingerprint density at radius 1 is 1.47 bits per heavy atom. The van der Waals surface area contributed by atoms with Crippen LogP contribution in [0.5, 0.6) is 5.88 Å². The molecule has 1 aromatic rings. The lowest BCUT2D eigenvalue weighted by Crippen LogP contribution is -2.27. The van der Waals surface area contributed by atoms with Gasteiger partial charge in [0.25, 0.3) is 0 Å². The quantitative estimate of drug-likeness (QED) is 0.886. The fourth-order valence-electron chi connectivity index (χ4n) is 1.03. The van der Waals surface area contributed by atoms with Crippen molar-refractivity contribution in [1.82, 2.24) is 4.98 Å². The van der Waals surface area contributed by atoms with Crippen molar-refractivity contribution in [3.63, 3.8) is 0 Å².